The molecule has 0 aliphatic carbocycles. The number of amides is 1. The van der Waals surface area contributed by atoms with E-state index in [9.17, 15) is 4.79 Å². The van der Waals surface area contributed by atoms with Crippen LogP contribution in [-0.2, 0) is 4.79 Å². The predicted molar refractivity (Wildman–Crippen MR) is 137 cm³/mol. The van der Waals surface area contributed by atoms with Gasteiger partial charge in [0.15, 0.2) is 5.82 Å². The first-order valence-electron chi connectivity index (χ1n) is 11.1. The minimum Gasteiger partial charge on any atom is -0.497 e. The van der Waals surface area contributed by atoms with Crippen LogP contribution in [0.4, 0.5) is 5.82 Å². The number of likely N-dealkylation sites (tertiary alicyclic amines) is 1. The minimum absolute atomic E-state index is 0.0372. The normalized spacial score (nSPS) is 15.7. The monoisotopic (exact) mass is 477 g/mol. The molecule has 1 aliphatic rings. The Bertz CT molecular complexity index is 1180. The highest BCUT2D eigenvalue weighted by molar-refractivity contribution is 6.03. The van der Waals surface area contributed by atoms with Gasteiger partial charge in [-0.1, -0.05) is 12.0 Å². The Morgan fingerprint density at radius 1 is 1.31 bits per heavy atom. The van der Waals surface area contributed by atoms with Gasteiger partial charge < -0.3 is 25.4 Å². The quantitative estimate of drug-likeness (QED) is 0.258. The van der Waals surface area contributed by atoms with Crippen molar-refractivity contribution in [1.29, 1.82) is 0 Å². The molecule has 1 aromatic heterocycles. The van der Waals surface area contributed by atoms with E-state index in [1.807, 2.05) is 7.05 Å². The van der Waals surface area contributed by atoms with Crippen molar-refractivity contribution in [2.45, 2.75) is 12.5 Å². The number of nitrogens with one attached hydrogen (secondary N) is 1. The maximum absolute atomic E-state index is 12.5. The summed E-state index contributed by atoms with van der Waals surface area (Å²) in [6.45, 7) is 5.46. The van der Waals surface area contributed by atoms with Crippen LogP contribution in [0.25, 0.3) is 0 Å². The molecule has 1 amide bonds. The van der Waals surface area contributed by atoms with Gasteiger partial charge in [-0.2, -0.15) is 5.10 Å². The van der Waals surface area contributed by atoms with E-state index in [0.717, 1.165) is 6.42 Å². The van der Waals surface area contributed by atoms with E-state index >= 15 is 0 Å². The zero-order valence-corrected chi connectivity index (χ0v) is 20.5. The smallest absolute Gasteiger partial charge is 0.246 e. The van der Waals surface area contributed by atoms with Gasteiger partial charge in [0.05, 0.1) is 25.8 Å². The molecule has 10 heteroatoms. The fourth-order valence-corrected chi connectivity index (χ4v) is 3.80. The topological polar surface area (TPSA) is 119 Å². The fraction of sp³-hybridized carbons (Fsp3) is 0.360. The number of nitrogens with two attached hydrogens (primary N) is 1. The van der Waals surface area contributed by atoms with Crippen molar-refractivity contribution in [2.75, 3.05) is 47.9 Å². The van der Waals surface area contributed by atoms with Crippen molar-refractivity contribution in [3.63, 3.8) is 0 Å². The van der Waals surface area contributed by atoms with Crippen molar-refractivity contribution >= 4 is 24.3 Å². The lowest BCUT2D eigenvalue weighted by atomic mass is 10.1. The van der Waals surface area contributed by atoms with E-state index in [-0.39, 0.29) is 17.8 Å². The molecular weight excluding hydrogens is 446 g/mol. The standard InChI is InChI=1S/C25H31N7O3/c1-27-11-6-7-22(33)31-12-10-18(16-31)32-25(29-3)23(24(26)28-2)21(30-32)9-8-17-13-19(34-4)15-20(14-17)35-5/h6-7,13-15,18,27H,3,10-12,16H2,1-2,4-5H3,(H2,26,28)/b7-6+/t18-/m0/s1. The second kappa shape index (κ2) is 11.9. The number of aromatic nitrogens is 2. The molecule has 184 valence electrons. The van der Waals surface area contributed by atoms with E-state index in [1.54, 1.807) is 61.2 Å². The molecule has 0 radical (unpaired) electrons. The number of benzene rings is 1. The minimum atomic E-state index is -0.0898. The van der Waals surface area contributed by atoms with Crippen molar-refractivity contribution in [3.8, 4) is 23.3 Å². The average Bonchev–Trinajstić information content (AvgIpc) is 3.51. The third-order valence-electron chi connectivity index (χ3n) is 5.61. The molecule has 1 atom stereocenters. The van der Waals surface area contributed by atoms with Crippen LogP contribution in [0, 0.1) is 11.8 Å². The van der Waals surface area contributed by atoms with Gasteiger partial charge in [-0.05, 0) is 38.2 Å². The molecule has 1 aromatic carbocycles. The molecule has 0 spiro atoms. The number of carbonyl (C=O) groups excluding carboxylic acids is 1. The summed E-state index contributed by atoms with van der Waals surface area (Å²) in [4.78, 5) is 22.6. The zero-order chi connectivity index (χ0) is 25.4. The van der Waals surface area contributed by atoms with Crippen molar-refractivity contribution in [2.24, 2.45) is 15.7 Å². The van der Waals surface area contributed by atoms with Gasteiger partial charge in [0.1, 0.15) is 23.0 Å². The molecule has 1 aliphatic heterocycles. The van der Waals surface area contributed by atoms with Gasteiger partial charge in [0.2, 0.25) is 5.91 Å². The van der Waals surface area contributed by atoms with E-state index in [4.69, 9.17) is 20.3 Å². The molecule has 3 N–H and O–H groups in total. The summed E-state index contributed by atoms with van der Waals surface area (Å²) in [6.07, 6.45) is 4.11. The molecule has 1 fully saturated rings. The van der Waals surface area contributed by atoms with Crippen LogP contribution in [0.15, 0.2) is 40.3 Å². The van der Waals surface area contributed by atoms with Crippen LogP contribution in [-0.4, -0.2) is 81.1 Å². The summed E-state index contributed by atoms with van der Waals surface area (Å²) in [5.41, 5.74) is 7.84. The number of rotatable bonds is 8. The summed E-state index contributed by atoms with van der Waals surface area (Å²) in [5, 5.41) is 7.71. The summed E-state index contributed by atoms with van der Waals surface area (Å²) >= 11 is 0. The average molecular weight is 478 g/mol. The molecule has 1 saturated heterocycles. The highest BCUT2D eigenvalue weighted by Crippen LogP contribution is 2.31. The van der Waals surface area contributed by atoms with E-state index in [1.165, 1.54) is 0 Å². The number of carbonyl (C=O) groups is 1. The number of nitrogens with zero attached hydrogens (tertiary/aromatic N) is 5. The van der Waals surface area contributed by atoms with Crippen LogP contribution in [0.1, 0.15) is 29.3 Å². The van der Waals surface area contributed by atoms with Crippen LogP contribution in [0.2, 0.25) is 0 Å². The van der Waals surface area contributed by atoms with Crippen molar-refractivity contribution < 1.29 is 14.3 Å². The number of aliphatic imine (C=N–C) groups is 2. The van der Waals surface area contributed by atoms with Crippen LogP contribution in [0.5, 0.6) is 11.5 Å². The van der Waals surface area contributed by atoms with Gasteiger partial charge in [-0.25, -0.2) is 9.67 Å². The van der Waals surface area contributed by atoms with Gasteiger partial charge in [0, 0.05) is 44.4 Å². The first-order valence-corrected chi connectivity index (χ1v) is 11.1. The molecule has 3 rings (SSSR count). The Morgan fingerprint density at radius 3 is 2.63 bits per heavy atom. The number of hydrogen-bond acceptors (Lipinski definition) is 7. The summed E-state index contributed by atoms with van der Waals surface area (Å²) in [6, 6.07) is 5.29. The third-order valence-corrected chi connectivity index (χ3v) is 5.61. The number of amidine groups is 1. The Kier molecular flexibility index (Phi) is 8.64. The van der Waals surface area contributed by atoms with Gasteiger partial charge >= 0.3 is 0 Å². The third kappa shape index (κ3) is 5.88. The van der Waals surface area contributed by atoms with Crippen LogP contribution >= 0.6 is 0 Å². The van der Waals surface area contributed by atoms with Gasteiger partial charge in [-0.15, -0.1) is 0 Å². The second-order valence-corrected chi connectivity index (χ2v) is 7.80. The van der Waals surface area contributed by atoms with Gasteiger partial charge in [0.25, 0.3) is 0 Å². The maximum atomic E-state index is 12.5. The summed E-state index contributed by atoms with van der Waals surface area (Å²) in [5.74, 6) is 8.15. The van der Waals surface area contributed by atoms with Crippen molar-refractivity contribution in [3.05, 3.63) is 47.2 Å². The Hall–Kier alpha value is -4.10. The maximum Gasteiger partial charge on any atom is 0.246 e. The Balaban J connectivity index is 1.97. The largest absolute Gasteiger partial charge is 0.497 e. The van der Waals surface area contributed by atoms with Crippen molar-refractivity contribution in [1.82, 2.24) is 20.0 Å². The molecular formula is C25H31N7O3. The van der Waals surface area contributed by atoms with E-state index < -0.39 is 0 Å². The van der Waals surface area contributed by atoms with E-state index in [2.05, 4.69) is 33.9 Å². The molecule has 35 heavy (non-hydrogen) atoms. The molecule has 2 aromatic rings. The predicted octanol–water partition coefficient (Wildman–Crippen LogP) is 1.52. The lowest BCUT2D eigenvalue weighted by molar-refractivity contribution is -0.125. The zero-order valence-electron chi connectivity index (χ0n) is 20.5. The molecule has 0 bridgehead atoms. The second-order valence-electron chi connectivity index (χ2n) is 7.80. The Morgan fingerprint density at radius 2 is 2.03 bits per heavy atom. The number of hydrogen-bond donors (Lipinski definition) is 2. The first-order chi connectivity index (χ1) is 16.9. The lowest BCUT2D eigenvalue weighted by Gasteiger charge is -2.15. The lowest BCUT2D eigenvalue weighted by Crippen LogP contribution is -2.27. The van der Waals surface area contributed by atoms with Crippen LogP contribution in [0.3, 0.4) is 0 Å². The number of ether oxygens (including phenoxy) is 2. The fourth-order valence-electron chi connectivity index (χ4n) is 3.80. The SMILES string of the molecule is C=Nc1c(/C(N)=N\C)c(C#Cc2cc(OC)cc(OC)c2)nn1[C@H]1CCN(C(=O)/C=C/CNC)C1. The molecule has 10 nitrogen and oxygen atoms in total. The van der Waals surface area contributed by atoms with Crippen LogP contribution < -0.4 is 20.5 Å². The summed E-state index contributed by atoms with van der Waals surface area (Å²) < 4.78 is 12.4. The first kappa shape index (κ1) is 25.5. The molecule has 2 heterocycles. The summed E-state index contributed by atoms with van der Waals surface area (Å²) in [7, 11) is 6.59. The highest BCUT2D eigenvalue weighted by Gasteiger charge is 2.31. The highest BCUT2D eigenvalue weighted by atomic mass is 16.5. The molecule has 0 saturated carbocycles. The molecule has 0 unspecified atom stereocenters. The number of likely N-dealkylation sites (N-methyl/N-ethyl adjacent to an activating group) is 1. The number of methoxy groups -OCH3 is 2. The van der Waals surface area contributed by atoms with E-state index in [0.29, 0.717) is 53.8 Å². The van der Waals surface area contributed by atoms with Gasteiger partial charge in [-0.3, -0.25) is 9.79 Å². The Labute approximate surface area is 205 Å².